The van der Waals surface area contributed by atoms with Gasteiger partial charge in [-0.05, 0) is 49.8 Å². The fourth-order valence-corrected chi connectivity index (χ4v) is 5.15. The van der Waals surface area contributed by atoms with Crippen molar-refractivity contribution in [1.82, 2.24) is 29.0 Å². The number of nitrogens with zero attached hydrogens (tertiary/aromatic N) is 5. The molecule has 1 aromatic carbocycles. The monoisotopic (exact) mass is 578 g/mol. The van der Waals surface area contributed by atoms with Crippen LogP contribution in [-0.4, -0.2) is 40.9 Å². The number of H-pyrrole nitrogens is 1. The Hall–Kier alpha value is -3.32. The molecule has 186 valence electrons. The lowest BCUT2D eigenvalue weighted by atomic mass is 9.98. The summed E-state index contributed by atoms with van der Waals surface area (Å²) < 4.78 is 43.1. The number of rotatable bonds is 2. The summed E-state index contributed by atoms with van der Waals surface area (Å²) in [6, 6.07) is 4.65. The van der Waals surface area contributed by atoms with Crippen molar-refractivity contribution < 1.29 is 18.0 Å². The molecule has 5 rings (SSSR count). The van der Waals surface area contributed by atoms with Gasteiger partial charge in [-0.1, -0.05) is 15.9 Å². The number of pyridine rings is 1. The standard InChI is InChI=1S/C23H18BrF3N6O2S/c1-11-5-14-18(9-32(11)20(34)12-3-4-16(24)15(6-12)23(25,26)27)30-22(36)33(21(14)35)13-7-17-19(28-8-13)31(2)10-29-17/h3-4,6-8,10-11H,5,9H2,1-2H3,(H,30,36)/t11-/m1/s1. The zero-order valence-electron chi connectivity index (χ0n) is 18.9. The molecule has 0 unspecified atom stereocenters. The number of carbonyl (C=O) groups is 1. The maximum Gasteiger partial charge on any atom is 0.417 e. The molecule has 4 aromatic rings. The third-order valence-corrected chi connectivity index (χ3v) is 7.20. The molecule has 4 heterocycles. The number of aryl methyl sites for hydroxylation is 1. The van der Waals surface area contributed by atoms with Gasteiger partial charge in [0.2, 0.25) is 0 Å². The van der Waals surface area contributed by atoms with E-state index >= 15 is 0 Å². The molecule has 0 radical (unpaired) electrons. The first kappa shape index (κ1) is 24.4. The van der Waals surface area contributed by atoms with Crippen molar-refractivity contribution in [2.24, 2.45) is 7.05 Å². The SMILES string of the molecule is C[C@@H]1Cc2c([nH]c(=S)n(-c3cnc4c(c3)ncn4C)c2=O)CN1C(=O)c1ccc(Br)c(C(F)(F)F)c1. The number of alkyl halides is 3. The molecule has 8 nitrogen and oxygen atoms in total. The summed E-state index contributed by atoms with van der Waals surface area (Å²) in [5.41, 5.74) is 1.25. The Bertz CT molecular complexity index is 1660. The number of benzene rings is 1. The van der Waals surface area contributed by atoms with Gasteiger partial charge in [-0.25, -0.2) is 9.97 Å². The highest BCUT2D eigenvalue weighted by Crippen LogP contribution is 2.36. The molecule has 0 spiro atoms. The van der Waals surface area contributed by atoms with Crippen LogP contribution in [0.4, 0.5) is 13.2 Å². The van der Waals surface area contributed by atoms with Crippen LogP contribution in [0.2, 0.25) is 0 Å². The summed E-state index contributed by atoms with van der Waals surface area (Å²) in [6.07, 6.45) is -1.25. The second-order valence-electron chi connectivity index (χ2n) is 8.60. The summed E-state index contributed by atoms with van der Waals surface area (Å²) in [4.78, 5) is 39.8. The van der Waals surface area contributed by atoms with Gasteiger partial charge in [0, 0.05) is 34.4 Å². The van der Waals surface area contributed by atoms with E-state index in [9.17, 15) is 22.8 Å². The first-order valence-corrected chi connectivity index (χ1v) is 12.0. The van der Waals surface area contributed by atoms with Crippen LogP contribution < -0.4 is 5.56 Å². The second kappa shape index (κ2) is 8.66. The highest BCUT2D eigenvalue weighted by atomic mass is 79.9. The smallest absolute Gasteiger partial charge is 0.333 e. The van der Waals surface area contributed by atoms with Crippen molar-refractivity contribution in [3.05, 3.63) is 78.8 Å². The highest BCUT2D eigenvalue weighted by molar-refractivity contribution is 9.10. The van der Waals surface area contributed by atoms with Gasteiger partial charge in [-0.2, -0.15) is 13.2 Å². The van der Waals surface area contributed by atoms with E-state index in [0.29, 0.717) is 28.1 Å². The minimum absolute atomic E-state index is 0.00396. The van der Waals surface area contributed by atoms with Gasteiger partial charge >= 0.3 is 6.18 Å². The zero-order chi connectivity index (χ0) is 25.9. The molecular weight excluding hydrogens is 561 g/mol. The van der Waals surface area contributed by atoms with Crippen LogP contribution in [0.3, 0.4) is 0 Å². The molecule has 1 atom stereocenters. The summed E-state index contributed by atoms with van der Waals surface area (Å²) in [5.74, 6) is -0.570. The van der Waals surface area contributed by atoms with E-state index < -0.39 is 23.7 Å². The number of hydrogen-bond acceptors (Lipinski definition) is 5. The highest BCUT2D eigenvalue weighted by Gasteiger charge is 2.35. The number of amides is 1. The number of aromatic amines is 1. The zero-order valence-corrected chi connectivity index (χ0v) is 21.3. The number of halogens is 4. The molecule has 3 aromatic heterocycles. The van der Waals surface area contributed by atoms with E-state index in [0.717, 1.165) is 6.07 Å². The van der Waals surface area contributed by atoms with Gasteiger partial charge in [0.25, 0.3) is 11.5 Å². The number of hydrogen-bond donors (Lipinski definition) is 1. The van der Waals surface area contributed by atoms with E-state index in [2.05, 4.69) is 30.9 Å². The van der Waals surface area contributed by atoms with Crippen molar-refractivity contribution >= 4 is 45.2 Å². The molecule has 0 fully saturated rings. The quantitative estimate of drug-likeness (QED) is 0.353. The lowest BCUT2D eigenvalue weighted by Crippen LogP contribution is -2.45. The number of nitrogens with one attached hydrogen (secondary N) is 1. The van der Waals surface area contributed by atoms with Crippen LogP contribution >= 0.6 is 28.1 Å². The van der Waals surface area contributed by atoms with Gasteiger partial charge in [0.05, 0.1) is 30.3 Å². The van der Waals surface area contributed by atoms with Crippen LogP contribution in [0.15, 0.2) is 46.1 Å². The largest absolute Gasteiger partial charge is 0.417 e. The molecule has 13 heteroatoms. The number of carbonyl (C=O) groups excluding carboxylic acids is 1. The van der Waals surface area contributed by atoms with Crippen molar-refractivity contribution in [3.63, 3.8) is 0 Å². The lowest BCUT2D eigenvalue weighted by molar-refractivity contribution is -0.138. The molecule has 36 heavy (non-hydrogen) atoms. The summed E-state index contributed by atoms with van der Waals surface area (Å²) in [6.45, 7) is 1.75. The molecule has 0 saturated heterocycles. The van der Waals surface area contributed by atoms with E-state index in [-0.39, 0.29) is 33.3 Å². The van der Waals surface area contributed by atoms with E-state index in [1.54, 1.807) is 23.9 Å². The maximum atomic E-state index is 13.4. The van der Waals surface area contributed by atoms with Crippen LogP contribution in [0.1, 0.15) is 34.1 Å². The van der Waals surface area contributed by atoms with E-state index in [1.807, 2.05) is 7.05 Å². The van der Waals surface area contributed by atoms with Crippen molar-refractivity contribution in [2.75, 3.05) is 0 Å². The molecular formula is C23H18BrF3N6O2S. The van der Waals surface area contributed by atoms with Crippen LogP contribution in [0, 0.1) is 4.77 Å². The van der Waals surface area contributed by atoms with Crippen molar-refractivity contribution in [2.45, 2.75) is 32.1 Å². The maximum absolute atomic E-state index is 13.4. The Kier molecular flexibility index (Phi) is 5.86. The Balaban J connectivity index is 1.52. The Morgan fingerprint density at radius 2 is 2.00 bits per heavy atom. The van der Waals surface area contributed by atoms with Crippen LogP contribution in [0.25, 0.3) is 16.9 Å². The predicted octanol–water partition coefficient (Wildman–Crippen LogP) is 4.55. The molecule has 1 amide bonds. The average molecular weight is 579 g/mol. The van der Waals surface area contributed by atoms with E-state index in [1.165, 1.54) is 27.8 Å². The number of fused-ring (bicyclic) bond motifs is 2. The van der Waals surface area contributed by atoms with Crippen molar-refractivity contribution in [3.8, 4) is 5.69 Å². The first-order chi connectivity index (χ1) is 17.0. The fourth-order valence-electron chi connectivity index (χ4n) is 4.37. The minimum Gasteiger partial charge on any atom is -0.333 e. The summed E-state index contributed by atoms with van der Waals surface area (Å²) >= 11 is 8.35. The van der Waals surface area contributed by atoms with Gasteiger partial charge in [-0.15, -0.1) is 0 Å². The predicted molar refractivity (Wildman–Crippen MR) is 131 cm³/mol. The topological polar surface area (TPSA) is 88.8 Å². The minimum atomic E-state index is -4.61. The van der Waals surface area contributed by atoms with Crippen molar-refractivity contribution in [1.29, 1.82) is 0 Å². The summed E-state index contributed by atoms with van der Waals surface area (Å²) in [5, 5.41) is 0. The second-order valence-corrected chi connectivity index (χ2v) is 9.84. The molecule has 0 saturated carbocycles. The third kappa shape index (κ3) is 4.05. The molecule has 0 bridgehead atoms. The third-order valence-electron chi connectivity index (χ3n) is 6.22. The van der Waals surface area contributed by atoms with E-state index in [4.69, 9.17) is 12.2 Å². The van der Waals surface area contributed by atoms with Crippen LogP contribution in [0.5, 0.6) is 0 Å². The van der Waals surface area contributed by atoms with Gasteiger partial charge in [0.1, 0.15) is 5.52 Å². The summed E-state index contributed by atoms with van der Waals surface area (Å²) in [7, 11) is 1.81. The Labute approximate surface area is 215 Å². The van der Waals surface area contributed by atoms with Crippen LogP contribution in [-0.2, 0) is 26.2 Å². The lowest BCUT2D eigenvalue weighted by Gasteiger charge is -2.34. The fraction of sp³-hybridized carbons (Fsp3) is 0.261. The average Bonchev–Trinajstić information content (AvgIpc) is 3.18. The van der Waals surface area contributed by atoms with Gasteiger partial charge in [0.15, 0.2) is 10.4 Å². The Morgan fingerprint density at radius 1 is 1.25 bits per heavy atom. The molecule has 1 aliphatic heterocycles. The number of imidazole rings is 1. The van der Waals surface area contributed by atoms with Gasteiger partial charge < -0.3 is 14.5 Å². The molecule has 1 N–H and O–H groups in total. The molecule has 1 aliphatic rings. The Morgan fingerprint density at radius 3 is 2.72 bits per heavy atom. The molecule has 0 aliphatic carbocycles. The normalized spacial score (nSPS) is 15.8. The number of aromatic nitrogens is 5. The van der Waals surface area contributed by atoms with Gasteiger partial charge in [-0.3, -0.25) is 14.2 Å². The first-order valence-electron chi connectivity index (χ1n) is 10.8.